The zero-order chi connectivity index (χ0) is 20.3. The van der Waals surface area contributed by atoms with Crippen molar-refractivity contribution >= 4 is 11.0 Å². The van der Waals surface area contributed by atoms with Crippen LogP contribution in [0.4, 0.5) is 0 Å². The van der Waals surface area contributed by atoms with Gasteiger partial charge in [-0.15, -0.1) is 15.0 Å². The molecule has 0 saturated heterocycles. The number of oxazole rings is 1. The molecule has 0 unspecified atom stereocenters. The highest BCUT2D eigenvalue weighted by atomic mass is 16.3. The Bertz CT molecular complexity index is 929. The summed E-state index contributed by atoms with van der Waals surface area (Å²) in [5.41, 5.74) is 3.53. The van der Waals surface area contributed by atoms with Gasteiger partial charge in [-0.3, -0.25) is 0 Å². The lowest BCUT2D eigenvalue weighted by atomic mass is 10.0. The summed E-state index contributed by atoms with van der Waals surface area (Å²) in [7, 11) is 0. The Morgan fingerprint density at radius 1 is 0.931 bits per heavy atom. The molecule has 152 valence electrons. The molecule has 0 aliphatic carbocycles. The van der Waals surface area contributed by atoms with Crippen molar-refractivity contribution in [2.75, 3.05) is 0 Å². The number of rotatable bonds is 8. The Morgan fingerprint density at radius 2 is 1.66 bits per heavy atom. The van der Waals surface area contributed by atoms with Crippen LogP contribution in [0.2, 0.25) is 0 Å². The molecular weight excluding hydrogens is 364 g/mol. The molecule has 0 aliphatic heterocycles. The molecule has 0 aliphatic rings. The zero-order valence-electron chi connectivity index (χ0n) is 16.9. The highest BCUT2D eigenvalue weighted by Gasteiger charge is 2.09. The van der Waals surface area contributed by atoms with Crippen molar-refractivity contribution < 1.29 is 9.52 Å². The van der Waals surface area contributed by atoms with Crippen LogP contribution in [0.15, 0.2) is 65.7 Å². The molecule has 2 aromatic carbocycles. The van der Waals surface area contributed by atoms with E-state index in [1.165, 1.54) is 61.5 Å². The molecule has 0 bridgehead atoms. The second kappa shape index (κ2) is 11.0. The number of fused-ring (bicyclic) bond motifs is 1. The normalized spacial score (nSPS) is 10.7. The van der Waals surface area contributed by atoms with Crippen molar-refractivity contribution in [1.82, 2.24) is 20.0 Å². The van der Waals surface area contributed by atoms with E-state index in [-0.39, 0.29) is 5.75 Å². The smallest absolute Gasteiger partial charge is 0.180 e. The van der Waals surface area contributed by atoms with Crippen LogP contribution in [0, 0.1) is 0 Å². The van der Waals surface area contributed by atoms with E-state index in [9.17, 15) is 5.11 Å². The summed E-state index contributed by atoms with van der Waals surface area (Å²) in [5.74, 6) is 0.210. The minimum absolute atomic E-state index is 0.210. The maximum atomic E-state index is 10.2. The lowest BCUT2D eigenvalue weighted by Gasteiger charge is -2.07. The van der Waals surface area contributed by atoms with Crippen molar-refractivity contribution in [3.05, 3.63) is 66.9 Å². The Labute approximate surface area is 171 Å². The minimum Gasteiger partial charge on any atom is -0.506 e. The number of unbranched alkanes of at least 4 members (excludes halogenated alkanes) is 5. The fourth-order valence-electron chi connectivity index (χ4n) is 3.14. The van der Waals surface area contributed by atoms with Crippen LogP contribution in [0.25, 0.3) is 16.7 Å². The Kier molecular flexibility index (Phi) is 7.81. The number of hydrogen-bond acceptors (Lipinski definition) is 5. The van der Waals surface area contributed by atoms with Gasteiger partial charge in [0.25, 0.3) is 0 Å². The van der Waals surface area contributed by atoms with E-state index >= 15 is 0 Å². The van der Waals surface area contributed by atoms with Crippen LogP contribution in [0.3, 0.4) is 0 Å². The molecular formula is C23H28N4O2. The average Bonchev–Trinajstić information content (AvgIpc) is 3.44. The largest absolute Gasteiger partial charge is 0.506 e. The maximum absolute atomic E-state index is 10.2. The highest BCUT2D eigenvalue weighted by molar-refractivity contribution is 5.73. The number of phenolic OH excluding ortho intramolecular Hbond substituents is 1. The van der Waals surface area contributed by atoms with Crippen LogP contribution in [0.5, 0.6) is 5.75 Å². The van der Waals surface area contributed by atoms with Gasteiger partial charge < -0.3 is 9.52 Å². The Balaban J connectivity index is 0.000000419. The summed E-state index contributed by atoms with van der Waals surface area (Å²) in [5, 5.41) is 19.1. The van der Waals surface area contributed by atoms with E-state index in [4.69, 9.17) is 0 Å². The standard InChI is InChI=1S/C20H25N3O.C3H3NO/c1-2-3-4-5-6-7-10-16-13-14-20(24)19(15-16)23-21-17-11-8-9-12-18(17)22-23;1-2-5-3-4-1/h8-9,11-15,24H,2-7,10H2,1H3;1-3H. The van der Waals surface area contributed by atoms with Gasteiger partial charge in [0.2, 0.25) is 0 Å². The summed E-state index contributed by atoms with van der Waals surface area (Å²) < 4.78 is 4.47. The van der Waals surface area contributed by atoms with Gasteiger partial charge in [0.1, 0.15) is 28.7 Å². The van der Waals surface area contributed by atoms with Gasteiger partial charge in [0.15, 0.2) is 6.39 Å². The molecule has 4 aromatic rings. The van der Waals surface area contributed by atoms with Crippen molar-refractivity contribution in [3.8, 4) is 11.4 Å². The molecule has 6 heteroatoms. The van der Waals surface area contributed by atoms with E-state index in [2.05, 4.69) is 26.5 Å². The van der Waals surface area contributed by atoms with Crippen LogP contribution >= 0.6 is 0 Å². The number of aryl methyl sites for hydroxylation is 1. The number of phenols is 1. The fourth-order valence-corrected chi connectivity index (χ4v) is 3.14. The maximum Gasteiger partial charge on any atom is 0.180 e. The van der Waals surface area contributed by atoms with E-state index in [0.717, 1.165) is 17.5 Å². The molecule has 1 N–H and O–H groups in total. The predicted molar refractivity (Wildman–Crippen MR) is 114 cm³/mol. The third-order valence-electron chi connectivity index (χ3n) is 4.71. The van der Waals surface area contributed by atoms with Gasteiger partial charge in [0, 0.05) is 0 Å². The van der Waals surface area contributed by atoms with Gasteiger partial charge in [-0.2, -0.15) is 0 Å². The molecule has 0 amide bonds. The lowest BCUT2D eigenvalue weighted by molar-refractivity contribution is 0.467. The van der Waals surface area contributed by atoms with E-state index < -0.39 is 0 Å². The first-order valence-electron chi connectivity index (χ1n) is 10.2. The van der Waals surface area contributed by atoms with Crippen molar-refractivity contribution in [3.63, 3.8) is 0 Å². The molecule has 2 aromatic heterocycles. The molecule has 0 spiro atoms. The molecule has 0 saturated carbocycles. The van der Waals surface area contributed by atoms with Gasteiger partial charge in [0.05, 0.1) is 6.20 Å². The van der Waals surface area contributed by atoms with Crippen molar-refractivity contribution in [2.45, 2.75) is 51.9 Å². The summed E-state index contributed by atoms with van der Waals surface area (Å²) in [6.45, 7) is 2.24. The molecule has 2 heterocycles. The Hall–Kier alpha value is -3.15. The van der Waals surface area contributed by atoms with Crippen molar-refractivity contribution in [2.24, 2.45) is 0 Å². The van der Waals surface area contributed by atoms with Crippen molar-refractivity contribution in [1.29, 1.82) is 0 Å². The number of nitrogens with zero attached hydrogens (tertiary/aromatic N) is 4. The summed E-state index contributed by atoms with van der Waals surface area (Å²) in [6, 6.07) is 13.5. The lowest BCUT2D eigenvalue weighted by Crippen LogP contribution is -2.00. The minimum atomic E-state index is 0.210. The van der Waals surface area contributed by atoms with Crippen LogP contribution in [-0.2, 0) is 6.42 Å². The highest BCUT2D eigenvalue weighted by Crippen LogP contribution is 2.24. The monoisotopic (exact) mass is 392 g/mol. The second-order valence-corrected chi connectivity index (χ2v) is 6.99. The Morgan fingerprint density at radius 3 is 2.28 bits per heavy atom. The molecule has 6 nitrogen and oxygen atoms in total. The van der Waals surface area contributed by atoms with Gasteiger partial charge >= 0.3 is 0 Å². The molecule has 0 radical (unpaired) electrons. The molecule has 29 heavy (non-hydrogen) atoms. The third kappa shape index (κ3) is 6.17. The molecule has 0 atom stereocenters. The topological polar surface area (TPSA) is 77.0 Å². The number of aromatic hydroxyl groups is 1. The number of benzene rings is 2. The van der Waals surface area contributed by atoms with Crippen LogP contribution < -0.4 is 0 Å². The zero-order valence-corrected chi connectivity index (χ0v) is 16.9. The van der Waals surface area contributed by atoms with Crippen LogP contribution in [-0.4, -0.2) is 25.1 Å². The SMILES string of the molecule is CCCCCCCCc1ccc(O)c(-n2nc3ccccc3n2)c1.c1cocn1. The summed E-state index contributed by atoms with van der Waals surface area (Å²) >= 11 is 0. The fraction of sp³-hybridized carbons (Fsp3) is 0.348. The quantitative estimate of drug-likeness (QED) is 0.389. The van der Waals surface area contributed by atoms with Gasteiger partial charge in [-0.05, 0) is 42.7 Å². The first-order valence-corrected chi connectivity index (χ1v) is 10.2. The van der Waals surface area contributed by atoms with E-state index in [1.54, 1.807) is 12.3 Å². The molecule has 4 rings (SSSR count). The summed E-state index contributed by atoms with van der Waals surface area (Å²) in [6.07, 6.45) is 13.2. The predicted octanol–water partition coefficient (Wildman–Crippen LogP) is 5.70. The van der Waals surface area contributed by atoms with E-state index in [1.807, 2.05) is 36.4 Å². The second-order valence-electron chi connectivity index (χ2n) is 6.99. The third-order valence-corrected chi connectivity index (χ3v) is 4.71. The first kappa shape index (κ1) is 20.6. The average molecular weight is 393 g/mol. The van der Waals surface area contributed by atoms with Crippen LogP contribution in [0.1, 0.15) is 51.0 Å². The molecule has 0 fully saturated rings. The van der Waals surface area contributed by atoms with Gasteiger partial charge in [-0.1, -0.05) is 57.2 Å². The number of aromatic nitrogens is 4. The number of hydrogen-bond donors (Lipinski definition) is 1. The first-order chi connectivity index (χ1) is 14.3. The summed E-state index contributed by atoms with van der Waals surface area (Å²) in [4.78, 5) is 5.09. The van der Waals surface area contributed by atoms with E-state index in [0.29, 0.717) is 5.69 Å². The van der Waals surface area contributed by atoms with Gasteiger partial charge in [-0.25, -0.2) is 4.98 Å².